The number of benzene rings is 1. The molecule has 8 nitrogen and oxygen atoms in total. The van der Waals surface area contributed by atoms with Crippen molar-refractivity contribution in [1.82, 2.24) is 15.5 Å². The van der Waals surface area contributed by atoms with Crippen LogP contribution in [0.3, 0.4) is 0 Å². The van der Waals surface area contributed by atoms with Gasteiger partial charge in [0, 0.05) is 44.4 Å². The summed E-state index contributed by atoms with van der Waals surface area (Å²) in [5, 5.41) is 6.42. The van der Waals surface area contributed by atoms with Crippen molar-refractivity contribution < 1.29 is 27.7 Å². The first-order valence-electron chi connectivity index (χ1n) is 9.35. The molecule has 0 aliphatic carbocycles. The summed E-state index contributed by atoms with van der Waals surface area (Å²) in [4.78, 5) is 6.80. The monoisotopic (exact) mass is 528 g/mol. The van der Waals surface area contributed by atoms with Gasteiger partial charge in [0.25, 0.3) is 0 Å². The van der Waals surface area contributed by atoms with Gasteiger partial charge in [0.1, 0.15) is 5.75 Å². The number of halogens is 3. The van der Waals surface area contributed by atoms with Crippen molar-refractivity contribution in [3.8, 4) is 17.2 Å². The van der Waals surface area contributed by atoms with Gasteiger partial charge in [0.05, 0.1) is 19.8 Å². The Bertz CT molecular complexity index is 676. The van der Waals surface area contributed by atoms with Gasteiger partial charge < -0.3 is 29.6 Å². The van der Waals surface area contributed by atoms with Gasteiger partial charge in [-0.05, 0) is 13.0 Å². The van der Waals surface area contributed by atoms with Gasteiger partial charge in [-0.3, -0.25) is 4.90 Å². The molecule has 29 heavy (non-hydrogen) atoms. The summed E-state index contributed by atoms with van der Waals surface area (Å²) in [6.45, 7) is 4.87. The summed E-state index contributed by atoms with van der Waals surface area (Å²) < 4.78 is 46.0. The third-order valence-corrected chi connectivity index (χ3v) is 4.35. The first-order valence-corrected chi connectivity index (χ1v) is 9.35. The number of guanidine groups is 1. The smallest absolute Gasteiger partial charge is 0.387 e. The molecular formula is C18H27F2IN4O4. The Morgan fingerprint density at radius 1 is 1.21 bits per heavy atom. The van der Waals surface area contributed by atoms with Crippen LogP contribution in [0.15, 0.2) is 17.1 Å². The van der Waals surface area contributed by atoms with E-state index in [1.54, 1.807) is 6.07 Å². The van der Waals surface area contributed by atoms with E-state index >= 15 is 0 Å². The standard InChI is InChI=1S/C18H26F2N4O4.HI/c1-2-21-18(22-3-4-24-5-7-25-8-6-24)23-11-13-9-15-16(27-12-26-15)10-14(13)28-17(19)20;/h9-10,17H,2-8,11-12H2,1H3,(H2,21,22,23);1H. The van der Waals surface area contributed by atoms with E-state index < -0.39 is 6.61 Å². The van der Waals surface area contributed by atoms with Crippen molar-refractivity contribution in [3.63, 3.8) is 0 Å². The second-order valence-corrected chi connectivity index (χ2v) is 6.27. The van der Waals surface area contributed by atoms with E-state index in [0.717, 1.165) is 32.8 Å². The van der Waals surface area contributed by atoms with Crippen molar-refractivity contribution in [3.05, 3.63) is 17.7 Å². The average Bonchev–Trinajstić information content (AvgIpc) is 3.13. The zero-order chi connectivity index (χ0) is 19.8. The maximum absolute atomic E-state index is 12.7. The molecule has 164 valence electrons. The maximum atomic E-state index is 12.7. The summed E-state index contributed by atoms with van der Waals surface area (Å²) in [7, 11) is 0. The van der Waals surface area contributed by atoms with Crippen LogP contribution in [-0.4, -0.2) is 70.2 Å². The van der Waals surface area contributed by atoms with E-state index in [1.165, 1.54) is 6.07 Å². The van der Waals surface area contributed by atoms with E-state index in [1.807, 2.05) is 6.92 Å². The van der Waals surface area contributed by atoms with Crippen molar-refractivity contribution in [2.45, 2.75) is 20.1 Å². The van der Waals surface area contributed by atoms with Gasteiger partial charge in [-0.15, -0.1) is 24.0 Å². The molecule has 11 heteroatoms. The highest BCUT2D eigenvalue weighted by Crippen LogP contribution is 2.38. The minimum Gasteiger partial charge on any atom is -0.454 e. The molecule has 1 fully saturated rings. The lowest BCUT2D eigenvalue weighted by atomic mass is 10.1. The van der Waals surface area contributed by atoms with Crippen LogP contribution < -0.4 is 24.8 Å². The van der Waals surface area contributed by atoms with Gasteiger partial charge in [-0.1, -0.05) is 0 Å². The number of hydrogen-bond donors (Lipinski definition) is 2. The molecule has 2 N–H and O–H groups in total. The van der Waals surface area contributed by atoms with Gasteiger partial charge in [0.2, 0.25) is 6.79 Å². The first kappa shape index (κ1) is 23.7. The normalized spacial score (nSPS) is 16.5. The number of rotatable bonds is 8. The first-order chi connectivity index (χ1) is 13.7. The number of morpholine rings is 1. The molecule has 2 aliphatic heterocycles. The molecule has 0 spiro atoms. The quantitative estimate of drug-likeness (QED) is 0.304. The van der Waals surface area contributed by atoms with E-state index in [2.05, 4.69) is 25.3 Å². The lowest BCUT2D eigenvalue weighted by molar-refractivity contribution is -0.0505. The van der Waals surface area contributed by atoms with E-state index in [4.69, 9.17) is 14.2 Å². The zero-order valence-corrected chi connectivity index (χ0v) is 18.6. The molecule has 1 aromatic rings. The number of nitrogens with one attached hydrogen (secondary N) is 2. The second-order valence-electron chi connectivity index (χ2n) is 6.27. The molecule has 0 aromatic heterocycles. The minimum absolute atomic E-state index is 0. The molecule has 0 bridgehead atoms. The molecule has 3 rings (SSSR count). The molecule has 0 amide bonds. The number of alkyl halides is 2. The molecule has 2 heterocycles. The molecule has 0 unspecified atom stereocenters. The lowest BCUT2D eigenvalue weighted by Gasteiger charge is -2.26. The topological polar surface area (TPSA) is 76.6 Å². The third-order valence-electron chi connectivity index (χ3n) is 4.35. The highest BCUT2D eigenvalue weighted by Gasteiger charge is 2.20. The summed E-state index contributed by atoms with van der Waals surface area (Å²) in [6.07, 6.45) is 0. The molecular weight excluding hydrogens is 501 g/mol. The van der Waals surface area contributed by atoms with Crippen LogP contribution in [0.1, 0.15) is 12.5 Å². The number of nitrogens with zero attached hydrogens (tertiary/aromatic N) is 2. The second kappa shape index (κ2) is 12.2. The summed E-state index contributed by atoms with van der Waals surface area (Å²) in [5.41, 5.74) is 0.495. The Labute approximate surface area is 185 Å². The highest BCUT2D eigenvalue weighted by molar-refractivity contribution is 14.0. The summed E-state index contributed by atoms with van der Waals surface area (Å²) in [6, 6.07) is 3.04. The molecule has 0 saturated carbocycles. The fourth-order valence-electron chi connectivity index (χ4n) is 2.96. The number of hydrogen-bond acceptors (Lipinski definition) is 6. The third kappa shape index (κ3) is 7.30. The fraction of sp³-hybridized carbons (Fsp3) is 0.611. The van der Waals surface area contributed by atoms with Crippen LogP contribution in [0.2, 0.25) is 0 Å². The summed E-state index contributed by atoms with van der Waals surface area (Å²) in [5.74, 6) is 1.53. The van der Waals surface area contributed by atoms with Crippen LogP contribution in [0.25, 0.3) is 0 Å². The Morgan fingerprint density at radius 2 is 1.93 bits per heavy atom. The average molecular weight is 528 g/mol. The largest absolute Gasteiger partial charge is 0.454 e. The zero-order valence-electron chi connectivity index (χ0n) is 16.3. The molecule has 0 atom stereocenters. The fourth-order valence-corrected chi connectivity index (χ4v) is 2.96. The molecule has 0 radical (unpaired) electrons. The van der Waals surface area contributed by atoms with Gasteiger partial charge in [-0.2, -0.15) is 8.78 Å². The molecule has 1 saturated heterocycles. The van der Waals surface area contributed by atoms with E-state index in [0.29, 0.717) is 36.1 Å². The summed E-state index contributed by atoms with van der Waals surface area (Å²) >= 11 is 0. The van der Waals surface area contributed by atoms with Gasteiger partial charge >= 0.3 is 6.61 Å². The number of fused-ring (bicyclic) bond motifs is 1. The van der Waals surface area contributed by atoms with Crippen LogP contribution in [0.5, 0.6) is 17.2 Å². The number of ether oxygens (including phenoxy) is 4. The Hall–Kier alpha value is -1.60. The van der Waals surface area contributed by atoms with E-state index in [-0.39, 0.29) is 43.1 Å². The van der Waals surface area contributed by atoms with Crippen LogP contribution in [0, 0.1) is 0 Å². The SMILES string of the molecule is CCNC(=NCc1cc2c(cc1OC(F)F)OCO2)NCCN1CCOCC1.I. The predicted molar refractivity (Wildman–Crippen MR) is 115 cm³/mol. The Morgan fingerprint density at radius 3 is 2.62 bits per heavy atom. The molecule has 2 aliphatic rings. The minimum atomic E-state index is -2.93. The van der Waals surface area contributed by atoms with Crippen molar-refractivity contribution in [1.29, 1.82) is 0 Å². The van der Waals surface area contributed by atoms with Crippen LogP contribution >= 0.6 is 24.0 Å². The lowest BCUT2D eigenvalue weighted by Crippen LogP contribution is -2.44. The maximum Gasteiger partial charge on any atom is 0.387 e. The van der Waals surface area contributed by atoms with Crippen molar-refractivity contribution >= 4 is 29.9 Å². The van der Waals surface area contributed by atoms with Gasteiger partial charge in [-0.25, -0.2) is 4.99 Å². The number of aliphatic imine (C=N–C) groups is 1. The van der Waals surface area contributed by atoms with Crippen molar-refractivity contribution in [2.24, 2.45) is 4.99 Å². The Kier molecular flexibility index (Phi) is 9.94. The van der Waals surface area contributed by atoms with Crippen molar-refractivity contribution in [2.75, 3.05) is 52.7 Å². The van der Waals surface area contributed by atoms with Crippen LogP contribution in [0.4, 0.5) is 8.78 Å². The van der Waals surface area contributed by atoms with Crippen LogP contribution in [-0.2, 0) is 11.3 Å². The van der Waals surface area contributed by atoms with E-state index in [9.17, 15) is 8.78 Å². The molecule has 1 aromatic carbocycles. The highest BCUT2D eigenvalue weighted by atomic mass is 127. The predicted octanol–water partition coefficient (Wildman–Crippen LogP) is 2.02. The van der Waals surface area contributed by atoms with Gasteiger partial charge in [0.15, 0.2) is 17.5 Å². The Balaban J connectivity index is 0.00000300.